The maximum Gasteiger partial charge on any atom is 0.262 e. The first-order valence-electron chi connectivity index (χ1n) is 15.4. The van der Waals surface area contributed by atoms with Gasteiger partial charge < -0.3 is 19.9 Å². The number of hydrogen-bond acceptors (Lipinski definition) is 9. The van der Waals surface area contributed by atoms with Crippen LogP contribution in [0.25, 0.3) is 0 Å². The summed E-state index contributed by atoms with van der Waals surface area (Å²) in [7, 11) is 1.44. The van der Waals surface area contributed by atoms with Gasteiger partial charge in [-0.1, -0.05) is 0 Å². The minimum atomic E-state index is -1.01. The molecular weight excluding hydrogens is 599 g/mol. The van der Waals surface area contributed by atoms with Crippen molar-refractivity contribution in [1.29, 1.82) is 0 Å². The lowest BCUT2D eigenvalue weighted by Gasteiger charge is -2.36. The molecule has 4 aliphatic rings. The van der Waals surface area contributed by atoms with Gasteiger partial charge in [0.25, 0.3) is 17.7 Å². The largest absolute Gasteiger partial charge is 0.497 e. The van der Waals surface area contributed by atoms with Gasteiger partial charge in [0, 0.05) is 70.4 Å². The fourth-order valence-electron chi connectivity index (χ4n) is 6.47. The van der Waals surface area contributed by atoms with Crippen LogP contribution in [0.1, 0.15) is 56.8 Å². The van der Waals surface area contributed by atoms with E-state index in [2.05, 4.69) is 20.4 Å². The van der Waals surface area contributed by atoms with Gasteiger partial charge in [-0.05, 0) is 49.2 Å². The molecule has 4 aliphatic heterocycles. The average Bonchev–Trinajstić information content (AvgIpc) is 3.62. The molecule has 0 spiro atoms. The van der Waals surface area contributed by atoms with Crippen molar-refractivity contribution in [2.45, 2.75) is 37.8 Å². The standard InChI is InChI=1S/C32H35FN6O7/c1-46-21-3-5-25(33)24(17-21)29(42)34-19-8-11-38(18-19)28(41)9-10-36-12-14-37(15-13-36)20-2-4-22-23(16-20)32(45)39(31(22)44)26-6-7-27(40)35-30(26)43/h2-5,16-17,19,26H,6-15,18H2,1H3,(H,34,42)(H,35,40,43)/t19-,26-/m1/s1. The van der Waals surface area contributed by atoms with E-state index < -0.39 is 41.4 Å². The molecule has 0 radical (unpaired) electrons. The normalized spacial score (nSPS) is 21.8. The number of amides is 6. The minimum absolute atomic E-state index is 0.00545. The zero-order valence-electron chi connectivity index (χ0n) is 25.4. The van der Waals surface area contributed by atoms with E-state index in [1.807, 2.05) is 0 Å². The molecule has 0 saturated carbocycles. The molecule has 3 fully saturated rings. The van der Waals surface area contributed by atoms with Crippen LogP contribution >= 0.6 is 0 Å². The second kappa shape index (κ2) is 12.9. The summed E-state index contributed by atoms with van der Waals surface area (Å²) in [5.41, 5.74) is 1.18. The number of rotatable bonds is 8. The first kappa shape index (κ1) is 31.1. The molecule has 4 heterocycles. The number of carbonyl (C=O) groups is 6. The van der Waals surface area contributed by atoms with Crippen LogP contribution in [-0.4, -0.2) is 115 Å². The molecule has 13 nitrogen and oxygen atoms in total. The van der Waals surface area contributed by atoms with Gasteiger partial charge in [0.15, 0.2) is 0 Å². The third-order valence-corrected chi connectivity index (χ3v) is 9.10. The molecule has 0 unspecified atom stereocenters. The Morgan fingerprint density at radius 2 is 1.72 bits per heavy atom. The second-order valence-electron chi connectivity index (χ2n) is 11.9. The third-order valence-electron chi connectivity index (χ3n) is 9.10. The molecule has 6 rings (SSSR count). The van der Waals surface area contributed by atoms with Crippen LogP contribution in [0.4, 0.5) is 10.1 Å². The highest BCUT2D eigenvalue weighted by Crippen LogP contribution is 2.31. The number of nitrogens with one attached hydrogen (secondary N) is 2. The molecule has 0 aliphatic carbocycles. The van der Waals surface area contributed by atoms with Crippen molar-refractivity contribution in [1.82, 2.24) is 25.3 Å². The minimum Gasteiger partial charge on any atom is -0.497 e. The maximum absolute atomic E-state index is 14.2. The molecule has 2 aromatic carbocycles. The highest BCUT2D eigenvalue weighted by molar-refractivity contribution is 6.23. The highest BCUT2D eigenvalue weighted by atomic mass is 19.1. The van der Waals surface area contributed by atoms with Gasteiger partial charge in [0.2, 0.25) is 17.7 Å². The quantitative estimate of drug-likeness (QED) is 0.402. The maximum atomic E-state index is 14.2. The number of ether oxygens (including phenoxy) is 1. The van der Waals surface area contributed by atoms with Crippen LogP contribution in [0, 0.1) is 5.82 Å². The lowest BCUT2D eigenvalue weighted by Crippen LogP contribution is -2.54. The van der Waals surface area contributed by atoms with Crippen molar-refractivity contribution in [2.24, 2.45) is 0 Å². The number of imide groups is 2. The molecule has 46 heavy (non-hydrogen) atoms. The van der Waals surface area contributed by atoms with E-state index in [4.69, 9.17) is 4.74 Å². The summed E-state index contributed by atoms with van der Waals surface area (Å²) in [6.07, 6.45) is 1.08. The van der Waals surface area contributed by atoms with Gasteiger partial charge in [-0.25, -0.2) is 4.39 Å². The van der Waals surface area contributed by atoms with E-state index in [1.54, 1.807) is 23.1 Å². The van der Waals surface area contributed by atoms with Crippen LogP contribution in [-0.2, 0) is 14.4 Å². The van der Waals surface area contributed by atoms with E-state index in [0.717, 1.165) is 10.6 Å². The molecule has 2 atom stereocenters. The number of halogens is 1. The lowest BCUT2D eigenvalue weighted by molar-refractivity contribution is -0.136. The first-order chi connectivity index (χ1) is 22.1. The smallest absolute Gasteiger partial charge is 0.262 e. The molecule has 0 aromatic heterocycles. The number of piperidine rings is 1. The Kier molecular flexibility index (Phi) is 8.71. The van der Waals surface area contributed by atoms with Crippen molar-refractivity contribution in [3.8, 4) is 5.75 Å². The van der Waals surface area contributed by atoms with Gasteiger partial charge in [-0.3, -0.25) is 43.9 Å². The Hall–Kier alpha value is -4.85. The fraction of sp³-hybridized carbons (Fsp3) is 0.438. The van der Waals surface area contributed by atoms with Crippen LogP contribution in [0.2, 0.25) is 0 Å². The highest BCUT2D eigenvalue weighted by Gasteiger charge is 2.44. The summed E-state index contributed by atoms with van der Waals surface area (Å²) in [5, 5.41) is 5.03. The number of hydrogen-bond donors (Lipinski definition) is 2. The summed E-state index contributed by atoms with van der Waals surface area (Å²) in [5.74, 6) is -2.93. The fourth-order valence-corrected chi connectivity index (χ4v) is 6.47. The van der Waals surface area contributed by atoms with E-state index in [0.29, 0.717) is 64.4 Å². The number of fused-ring (bicyclic) bond motifs is 1. The topological polar surface area (TPSA) is 149 Å². The summed E-state index contributed by atoms with van der Waals surface area (Å²) >= 11 is 0. The Morgan fingerprint density at radius 3 is 2.46 bits per heavy atom. The molecular formula is C32H35FN6O7. The Morgan fingerprint density at radius 1 is 0.957 bits per heavy atom. The van der Waals surface area contributed by atoms with Crippen LogP contribution in [0.5, 0.6) is 5.75 Å². The lowest BCUT2D eigenvalue weighted by atomic mass is 10.0. The molecule has 2 aromatic rings. The Balaban J connectivity index is 0.967. The average molecular weight is 635 g/mol. The van der Waals surface area contributed by atoms with Gasteiger partial charge in [0.05, 0.1) is 23.8 Å². The van der Waals surface area contributed by atoms with E-state index in [9.17, 15) is 33.2 Å². The number of nitrogens with zero attached hydrogens (tertiary/aromatic N) is 4. The summed E-state index contributed by atoms with van der Waals surface area (Å²) in [6.45, 7) is 4.17. The van der Waals surface area contributed by atoms with Gasteiger partial charge in [-0.2, -0.15) is 0 Å². The molecule has 2 N–H and O–H groups in total. The molecule has 14 heteroatoms. The van der Waals surface area contributed by atoms with Crippen molar-refractivity contribution in [2.75, 3.05) is 57.8 Å². The van der Waals surface area contributed by atoms with Crippen molar-refractivity contribution in [3.05, 3.63) is 58.9 Å². The van der Waals surface area contributed by atoms with E-state index >= 15 is 0 Å². The molecule has 242 valence electrons. The number of piperazine rings is 1. The van der Waals surface area contributed by atoms with Crippen LogP contribution in [0.3, 0.4) is 0 Å². The second-order valence-corrected chi connectivity index (χ2v) is 11.9. The molecule has 0 bridgehead atoms. The Labute approximate surface area is 264 Å². The van der Waals surface area contributed by atoms with Gasteiger partial charge >= 0.3 is 0 Å². The van der Waals surface area contributed by atoms with Crippen molar-refractivity contribution < 1.29 is 37.9 Å². The first-order valence-corrected chi connectivity index (χ1v) is 15.4. The number of anilines is 1. The molecule has 3 saturated heterocycles. The van der Waals surface area contributed by atoms with Crippen LogP contribution < -0.4 is 20.3 Å². The number of carbonyl (C=O) groups excluding carboxylic acids is 6. The Bertz CT molecular complexity index is 1610. The number of likely N-dealkylation sites (tertiary alicyclic amines) is 1. The number of benzene rings is 2. The number of methoxy groups -OCH3 is 1. The van der Waals surface area contributed by atoms with E-state index in [-0.39, 0.29) is 41.5 Å². The summed E-state index contributed by atoms with van der Waals surface area (Å²) in [6, 6.07) is 7.80. The monoisotopic (exact) mass is 634 g/mol. The zero-order valence-corrected chi connectivity index (χ0v) is 25.4. The third kappa shape index (κ3) is 6.16. The summed E-state index contributed by atoms with van der Waals surface area (Å²) < 4.78 is 19.3. The van der Waals surface area contributed by atoms with E-state index in [1.165, 1.54) is 25.3 Å². The van der Waals surface area contributed by atoms with Crippen molar-refractivity contribution >= 4 is 41.1 Å². The SMILES string of the molecule is COc1ccc(F)c(C(=O)N[C@@H]2CCN(C(=O)CCN3CCN(c4ccc5c(c4)C(=O)N([C@@H]4CCC(=O)NC4=O)C5=O)CC3)C2)c1. The predicted molar refractivity (Wildman–Crippen MR) is 162 cm³/mol. The predicted octanol–water partition coefficient (Wildman–Crippen LogP) is 0.779. The van der Waals surface area contributed by atoms with Gasteiger partial charge in [-0.15, -0.1) is 0 Å². The summed E-state index contributed by atoms with van der Waals surface area (Å²) in [4.78, 5) is 82.6. The molecule has 6 amide bonds. The van der Waals surface area contributed by atoms with Crippen LogP contribution in [0.15, 0.2) is 36.4 Å². The van der Waals surface area contributed by atoms with Gasteiger partial charge in [0.1, 0.15) is 17.6 Å². The zero-order chi connectivity index (χ0) is 32.5. The van der Waals surface area contributed by atoms with Crippen molar-refractivity contribution in [3.63, 3.8) is 0 Å².